The number of benzene rings is 4. The Morgan fingerprint density at radius 3 is 2.44 bits per heavy atom. The van der Waals surface area contributed by atoms with E-state index in [9.17, 15) is 19.5 Å². The van der Waals surface area contributed by atoms with Crippen molar-refractivity contribution in [2.75, 3.05) is 36.5 Å². The average Bonchev–Trinajstić information content (AvgIpc) is 3.79. The summed E-state index contributed by atoms with van der Waals surface area (Å²) in [5, 5.41) is 15.0. The molecule has 11 nitrogen and oxygen atoms in total. The molecule has 2 aromatic heterocycles. The normalized spacial score (nSPS) is 17.0. The molecule has 3 aliphatic heterocycles. The highest BCUT2D eigenvalue weighted by Gasteiger charge is 2.37. The number of carbonyl (C=O) groups is 3. The molecule has 0 radical (unpaired) electrons. The summed E-state index contributed by atoms with van der Waals surface area (Å²) in [6, 6.07) is 25.7. The third-order valence-corrected chi connectivity index (χ3v) is 11.2. The Labute approximate surface area is 320 Å². The van der Waals surface area contributed by atoms with Crippen molar-refractivity contribution in [3.8, 4) is 22.5 Å². The van der Waals surface area contributed by atoms with Crippen molar-refractivity contribution < 1.29 is 24.2 Å². The summed E-state index contributed by atoms with van der Waals surface area (Å²) in [5.74, 6) is -1.56. The molecule has 5 heterocycles. The molecule has 2 amide bonds. The molecule has 0 aliphatic carbocycles. The maximum absolute atomic E-state index is 14.7. The Balaban J connectivity index is 1.14. The monoisotopic (exact) mass is 760 g/mol. The van der Waals surface area contributed by atoms with Crippen molar-refractivity contribution in [3.05, 3.63) is 124 Å². The third kappa shape index (κ3) is 5.84. The van der Waals surface area contributed by atoms with Crippen LogP contribution in [0.5, 0.6) is 0 Å². The molecule has 4 aromatic carbocycles. The second-order valence-corrected chi connectivity index (χ2v) is 14.7. The van der Waals surface area contributed by atoms with Gasteiger partial charge in [0.15, 0.2) is 0 Å². The zero-order valence-corrected chi connectivity index (χ0v) is 30.4. The van der Waals surface area contributed by atoms with Crippen molar-refractivity contribution in [2.24, 2.45) is 0 Å². The van der Waals surface area contributed by atoms with Crippen molar-refractivity contribution in [1.82, 2.24) is 19.4 Å². The summed E-state index contributed by atoms with van der Waals surface area (Å²) >= 11 is 13.1. The van der Waals surface area contributed by atoms with Gasteiger partial charge in [-0.05, 0) is 72.9 Å². The van der Waals surface area contributed by atoms with Crippen LogP contribution in [0.4, 0.5) is 16.2 Å². The number of ether oxygens (including phenoxy) is 1. The molecule has 2 fully saturated rings. The number of nitrogens with zero attached hydrogens (tertiary/aromatic N) is 4. The first-order valence-electron chi connectivity index (χ1n) is 17.9. The molecular formula is C41H34Cl2N6O5. The van der Waals surface area contributed by atoms with Gasteiger partial charge in [-0.3, -0.25) is 4.79 Å². The lowest BCUT2D eigenvalue weighted by atomic mass is 9.88. The number of anilines is 2. The summed E-state index contributed by atoms with van der Waals surface area (Å²) in [6.45, 7) is 2.32. The van der Waals surface area contributed by atoms with Gasteiger partial charge < -0.3 is 34.5 Å². The van der Waals surface area contributed by atoms with Crippen molar-refractivity contribution in [2.45, 2.75) is 31.3 Å². The molecule has 272 valence electrons. The van der Waals surface area contributed by atoms with Crippen LogP contribution < -0.4 is 10.2 Å². The number of amides is 2. The Hall–Kier alpha value is -5.78. The number of halogens is 2. The molecule has 3 N–H and O–H groups in total. The summed E-state index contributed by atoms with van der Waals surface area (Å²) in [7, 11) is 0. The van der Waals surface area contributed by atoms with Gasteiger partial charge in [-0.15, -0.1) is 0 Å². The van der Waals surface area contributed by atoms with Crippen LogP contribution in [-0.2, 0) is 4.74 Å². The molecule has 0 saturated carbocycles. The SMILES string of the molecule is O=C(O)c1ccc(N2CCC(N3CCCOC3=O)CC2)c(NC(=O)c2[nH]c3cc(Cl)cc4c3c2-c2c(-c3ccccc3)ncn2[C@@H]4c2ccc(Cl)cc2)c1. The zero-order chi connectivity index (χ0) is 37.1. The summed E-state index contributed by atoms with van der Waals surface area (Å²) < 4.78 is 7.36. The van der Waals surface area contributed by atoms with E-state index in [2.05, 4.69) is 19.8 Å². The van der Waals surface area contributed by atoms with Gasteiger partial charge in [-0.2, -0.15) is 0 Å². The average molecular weight is 762 g/mol. The predicted molar refractivity (Wildman–Crippen MR) is 208 cm³/mol. The standard InChI is InChI=1S/C41H34Cl2N6O5/c42-26-10-7-24(8-11-26)37-29-20-27(43)21-31-33(29)34(38-35(44-22-49(37)38)23-5-2-1-3-6-23)36(45-31)39(50)46-30-19-25(40(51)52)9-12-32(30)47-16-13-28(14-17-47)48-15-4-18-54-41(48)53/h1-3,5-12,19-22,28,37,45H,4,13-18H2,(H,46,50)(H,51,52)/t37-/m1/s1. The fraction of sp³-hybridized carbons (Fsp3) is 0.220. The van der Waals surface area contributed by atoms with Crippen LogP contribution >= 0.6 is 23.2 Å². The second kappa shape index (κ2) is 13.6. The van der Waals surface area contributed by atoms with Gasteiger partial charge in [0.1, 0.15) is 5.69 Å². The highest BCUT2D eigenvalue weighted by atomic mass is 35.5. The number of carbonyl (C=O) groups excluding carboxylic acids is 2. The molecule has 1 atom stereocenters. The Morgan fingerprint density at radius 2 is 1.70 bits per heavy atom. The van der Waals surface area contributed by atoms with Gasteiger partial charge in [0.05, 0.1) is 47.3 Å². The van der Waals surface area contributed by atoms with E-state index < -0.39 is 11.9 Å². The molecule has 6 aromatic rings. The molecule has 54 heavy (non-hydrogen) atoms. The van der Waals surface area contributed by atoms with Crippen LogP contribution in [0.1, 0.15) is 57.3 Å². The topological polar surface area (TPSA) is 133 Å². The molecule has 0 spiro atoms. The van der Waals surface area contributed by atoms with E-state index in [1.807, 2.05) is 71.6 Å². The Kier molecular flexibility index (Phi) is 8.55. The first-order chi connectivity index (χ1) is 26.2. The first kappa shape index (κ1) is 34.0. The van der Waals surface area contributed by atoms with Gasteiger partial charge in [-0.25, -0.2) is 14.6 Å². The number of carboxylic acid groups (broad SMARTS) is 1. The fourth-order valence-electron chi connectivity index (χ4n) is 8.25. The van der Waals surface area contributed by atoms with Gasteiger partial charge in [0.2, 0.25) is 0 Å². The van der Waals surface area contributed by atoms with Crippen LogP contribution in [-0.4, -0.2) is 74.8 Å². The minimum absolute atomic E-state index is 0.0438. The first-order valence-corrected chi connectivity index (χ1v) is 18.6. The fourth-order valence-corrected chi connectivity index (χ4v) is 8.60. The maximum Gasteiger partial charge on any atom is 0.410 e. The number of aromatic carboxylic acids is 1. The number of carboxylic acids is 1. The lowest BCUT2D eigenvalue weighted by Gasteiger charge is -2.40. The van der Waals surface area contributed by atoms with E-state index in [1.54, 1.807) is 18.5 Å². The molecule has 13 heteroatoms. The van der Waals surface area contributed by atoms with Crippen LogP contribution in [0.25, 0.3) is 33.4 Å². The van der Waals surface area contributed by atoms with E-state index in [-0.39, 0.29) is 29.4 Å². The number of aromatic amines is 1. The number of piperidine rings is 1. The largest absolute Gasteiger partial charge is 0.478 e. The van der Waals surface area contributed by atoms with Crippen LogP contribution in [0.3, 0.4) is 0 Å². The van der Waals surface area contributed by atoms with Crippen LogP contribution in [0.15, 0.2) is 91.3 Å². The molecule has 0 bridgehead atoms. The number of hydrogen-bond acceptors (Lipinski definition) is 6. The Morgan fingerprint density at radius 1 is 0.926 bits per heavy atom. The van der Waals surface area contributed by atoms with Crippen molar-refractivity contribution >= 4 is 63.4 Å². The van der Waals surface area contributed by atoms with Gasteiger partial charge >= 0.3 is 12.1 Å². The number of hydrogen-bond donors (Lipinski definition) is 3. The minimum Gasteiger partial charge on any atom is -0.478 e. The number of nitrogens with one attached hydrogen (secondary N) is 2. The summed E-state index contributed by atoms with van der Waals surface area (Å²) in [4.78, 5) is 51.6. The number of H-pyrrole nitrogens is 1. The minimum atomic E-state index is -1.11. The lowest BCUT2D eigenvalue weighted by molar-refractivity contribution is 0.0499. The predicted octanol–water partition coefficient (Wildman–Crippen LogP) is 8.72. The number of aromatic nitrogens is 3. The highest BCUT2D eigenvalue weighted by Crippen LogP contribution is 2.50. The molecule has 9 rings (SSSR count). The van der Waals surface area contributed by atoms with E-state index in [0.717, 1.165) is 34.2 Å². The summed E-state index contributed by atoms with van der Waals surface area (Å²) in [6.07, 6.45) is 3.74. The molecule has 3 aliphatic rings. The highest BCUT2D eigenvalue weighted by molar-refractivity contribution is 6.32. The van der Waals surface area contributed by atoms with E-state index >= 15 is 0 Å². The van der Waals surface area contributed by atoms with E-state index in [4.69, 9.17) is 32.9 Å². The molecule has 2 saturated heterocycles. The summed E-state index contributed by atoms with van der Waals surface area (Å²) in [5.41, 5.74) is 6.95. The van der Waals surface area contributed by atoms with Gasteiger partial charge in [-0.1, -0.05) is 65.7 Å². The van der Waals surface area contributed by atoms with Gasteiger partial charge in [0, 0.05) is 57.8 Å². The maximum atomic E-state index is 14.7. The zero-order valence-electron chi connectivity index (χ0n) is 28.9. The number of imidazole rings is 1. The Bertz CT molecular complexity index is 2450. The van der Waals surface area contributed by atoms with Crippen molar-refractivity contribution in [1.29, 1.82) is 0 Å². The van der Waals surface area contributed by atoms with Crippen molar-refractivity contribution in [3.63, 3.8) is 0 Å². The van der Waals surface area contributed by atoms with Gasteiger partial charge in [0.25, 0.3) is 5.91 Å². The van der Waals surface area contributed by atoms with Crippen LogP contribution in [0, 0.1) is 0 Å². The molecular weight excluding hydrogens is 727 g/mol. The molecule has 0 unspecified atom stereocenters. The number of rotatable bonds is 7. The number of cyclic esters (lactones) is 1. The number of fused-ring (bicyclic) bond motifs is 2. The van der Waals surface area contributed by atoms with E-state index in [1.165, 1.54) is 6.07 Å². The third-order valence-electron chi connectivity index (χ3n) is 10.7. The smallest absolute Gasteiger partial charge is 0.410 e. The second-order valence-electron chi connectivity index (χ2n) is 13.8. The quantitative estimate of drug-likeness (QED) is 0.148. The van der Waals surface area contributed by atoms with E-state index in [0.29, 0.717) is 77.3 Å². The lowest BCUT2D eigenvalue weighted by Crippen LogP contribution is -2.50. The van der Waals surface area contributed by atoms with Crippen LogP contribution in [0.2, 0.25) is 10.0 Å².